The fraction of sp³-hybridized carbons (Fsp3) is 0.273. The number of aryl methyl sites for hydroxylation is 1. The second-order valence-electron chi connectivity index (χ2n) is 10.8. The zero-order valence-corrected chi connectivity index (χ0v) is 22.7. The van der Waals surface area contributed by atoms with Gasteiger partial charge in [-0.05, 0) is 101 Å². The van der Waals surface area contributed by atoms with E-state index in [2.05, 4.69) is 10.3 Å². The maximum Gasteiger partial charge on any atom is 0.251 e. The number of amides is 1. The van der Waals surface area contributed by atoms with Gasteiger partial charge in [-0.25, -0.2) is 13.8 Å². The molecular weight excluding hydrogens is 524 g/mol. The highest BCUT2D eigenvalue weighted by molar-refractivity contribution is 5.94. The van der Waals surface area contributed by atoms with Gasteiger partial charge in [-0.1, -0.05) is 24.3 Å². The number of fused-ring (bicyclic) bond motifs is 2. The van der Waals surface area contributed by atoms with Gasteiger partial charge in [0.1, 0.15) is 23.6 Å². The lowest BCUT2D eigenvalue weighted by atomic mass is 9.82. The number of nitrogens with one attached hydrogen (secondary N) is 1. The summed E-state index contributed by atoms with van der Waals surface area (Å²) in [7, 11) is 0. The highest BCUT2D eigenvalue weighted by atomic mass is 19.1. The quantitative estimate of drug-likeness (QED) is 0.292. The van der Waals surface area contributed by atoms with Gasteiger partial charge in [-0.2, -0.15) is 0 Å². The Bertz CT molecular complexity index is 1650. The summed E-state index contributed by atoms with van der Waals surface area (Å²) in [6, 6.07) is 16.0. The number of hydrogen-bond donors (Lipinski definition) is 3. The third-order valence-electron chi connectivity index (χ3n) is 8.23. The summed E-state index contributed by atoms with van der Waals surface area (Å²) in [4.78, 5) is 17.7. The van der Waals surface area contributed by atoms with Crippen molar-refractivity contribution in [1.82, 2.24) is 10.3 Å². The van der Waals surface area contributed by atoms with Crippen molar-refractivity contribution >= 4 is 11.7 Å². The first-order chi connectivity index (χ1) is 19.8. The summed E-state index contributed by atoms with van der Waals surface area (Å²) in [5, 5.41) is 14.2. The minimum atomic E-state index is -0.872. The predicted molar refractivity (Wildman–Crippen MR) is 152 cm³/mol. The highest BCUT2D eigenvalue weighted by Crippen LogP contribution is 2.38. The monoisotopic (exact) mass is 555 g/mol. The van der Waals surface area contributed by atoms with E-state index in [4.69, 9.17) is 10.5 Å². The van der Waals surface area contributed by atoms with Gasteiger partial charge in [0.25, 0.3) is 5.91 Å². The Morgan fingerprint density at radius 3 is 2.49 bits per heavy atom. The lowest BCUT2D eigenvalue weighted by Crippen LogP contribution is -2.26. The maximum absolute atomic E-state index is 14.4. The molecule has 0 unspecified atom stereocenters. The Hall–Kier alpha value is -4.14. The second-order valence-corrected chi connectivity index (χ2v) is 10.8. The average molecular weight is 556 g/mol. The zero-order chi connectivity index (χ0) is 28.7. The number of rotatable bonds is 5. The third kappa shape index (κ3) is 5.33. The molecule has 0 bridgehead atoms. The van der Waals surface area contributed by atoms with Crippen molar-refractivity contribution in [3.8, 4) is 11.1 Å². The van der Waals surface area contributed by atoms with E-state index in [0.717, 1.165) is 58.0 Å². The number of hydrogen-bond acceptors (Lipinski definition) is 5. The van der Waals surface area contributed by atoms with Crippen LogP contribution in [0.4, 0.5) is 14.6 Å². The average Bonchev–Trinajstić information content (AvgIpc) is 2.96. The second kappa shape index (κ2) is 11.0. The van der Waals surface area contributed by atoms with Gasteiger partial charge in [0.2, 0.25) is 0 Å². The van der Waals surface area contributed by atoms with E-state index in [0.29, 0.717) is 49.0 Å². The summed E-state index contributed by atoms with van der Waals surface area (Å²) >= 11 is 0. The fourth-order valence-corrected chi connectivity index (χ4v) is 6.08. The predicted octanol–water partition coefficient (Wildman–Crippen LogP) is 5.73. The van der Waals surface area contributed by atoms with E-state index in [-0.39, 0.29) is 11.5 Å². The molecule has 1 atom stereocenters. The third-order valence-corrected chi connectivity index (χ3v) is 8.23. The van der Waals surface area contributed by atoms with Crippen molar-refractivity contribution in [2.45, 2.75) is 44.8 Å². The number of halogens is 2. The van der Waals surface area contributed by atoms with Crippen molar-refractivity contribution in [3.05, 3.63) is 117 Å². The van der Waals surface area contributed by atoms with E-state index in [1.807, 2.05) is 19.1 Å². The molecule has 1 aliphatic heterocycles. The standard InChI is InChI=1S/C33H31F2N3O3/c1-18-29(28(16-31(36)38-18)19-8-10-41-11-9-19)17-37-33(40)21-3-6-27-23(13-21)14-22-12-20(2-5-26(22)32(27)39)25-7-4-24(34)15-30(25)35/h2-7,12-13,15-16,19,32,39H,8-11,14,17H2,1H3,(H2,36,38)(H,37,40)/t32-/m0/s1. The molecule has 0 saturated carbocycles. The number of carbonyl (C=O) groups is 1. The summed E-state index contributed by atoms with van der Waals surface area (Å²) in [5.74, 6) is -0.741. The number of benzene rings is 3. The highest BCUT2D eigenvalue weighted by Gasteiger charge is 2.26. The number of carbonyl (C=O) groups excluding carboxylic acids is 1. The summed E-state index contributed by atoms with van der Waals surface area (Å²) in [6.07, 6.45) is 1.39. The summed E-state index contributed by atoms with van der Waals surface area (Å²) in [6.45, 7) is 3.62. The van der Waals surface area contributed by atoms with Crippen LogP contribution in [0.5, 0.6) is 0 Å². The van der Waals surface area contributed by atoms with Crippen LogP contribution in [0.1, 0.15) is 74.3 Å². The van der Waals surface area contributed by atoms with Crippen molar-refractivity contribution in [2.75, 3.05) is 18.9 Å². The Balaban J connectivity index is 1.23. The first kappa shape index (κ1) is 27.1. The summed E-state index contributed by atoms with van der Waals surface area (Å²) in [5.41, 5.74) is 13.4. The van der Waals surface area contributed by atoms with E-state index in [1.165, 1.54) is 12.1 Å². The zero-order valence-electron chi connectivity index (χ0n) is 22.7. The molecule has 3 aromatic carbocycles. The number of aromatic nitrogens is 1. The molecule has 4 aromatic rings. The molecule has 4 N–H and O–H groups in total. The van der Waals surface area contributed by atoms with Crippen molar-refractivity contribution in [3.63, 3.8) is 0 Å². The van der Waals surface area contributed by atoms with Gasteiger partial charge in [0, 0.05) is 42.6 Å². The molecule has 6 nitrogen and oxygen atoms in total. The first-order valence-corrected chi connectivity index (χ1v) is 13.8. The number of aliphatic hydroxyl groups is 1. The van der Waals surface area contributed by atoms with Crippen LogP contribution in [-0.2, 0) is 17.7 Å². The lowest BCUT2D eigenvalue weighted by molar-refractivity contribution is 0.0849. The van der Waals surface area contributed by atoms with E-state index in [9.17, 15) is 18.7 Å². The van der Waals surface area contributed by atoms with Gasteiger partial charge in [-0.3, -0.25) is 4.79 Å². The minimum absolute atomic E-state index is 0.232. The molecule has 0 spiro atoms. The Kier molecular flexibility index (Phi) is 7.28. The molecule has 1 saturated heterocycles. The van der Waals surface area contributed by atoms with Gasteiger partial charge >= 0.3 is 0 Å². The molecule has 6 rings (SSSR count). The van der Waals surface area contributed by atoms with E-state index < -0.39 is 17.7 Å². The van der Waals surface area contributed by atoms with Gasteiger partial charge in [0.05, 0.1) is 0 Å². The molecule has 41 heavy (non-hydrogen) atoms. The van der Waals surface area contributed by atoms with Crippen LogP contribution in [0.2, 0.25) is 0 Å². The molecule has 8 heteroatoms. The largest absolute Gasteiger partial charge is 0.384 e. The lowest BCUT2D eigenvalue weighted by Gasteiger charge is -2.26. The normalized spacial score (nSPS) is 16.6. The minimum Gasteiger partial charge on any atom is -0.384 e. The van der Waals surface area contributed by atoms with Crippen LogP contribution >= 0.6 is 0 Å². The molecule has 1 amide bonds. The van der Waals surface area contributed by atoms with Gasteiger partial charge in [-0.15, -0.1) is 0 Å². The Morgan fingerprint density at radius 2 is 1.73 bits per heavy atom. The number of nitrogens with zero attached hydrogens (tertiary/aromatic N) is 1. The molecule has 2 aliphatic rings. The molecule has 210 valence electrons. The fourth-order valence-electron chi connectivity index (χ4n) is 6.08. The Morgan fingerprint density at radius 1 is 1.00 bits per heavy atom. The molecule has 1 aliphatic carbocycles. The molecule has 1 fully saturated rings. The molecule has 1 aromatic heterocycles. The van der Waals surface area contributed by atoms with Gasteiger partial charge < -0.3 is 20.9 Å². The smallest absolute Gasteiger partial charge is 0.251 e. The summed E-state index contributed by atoms with van der Waals surface area (Å²) < 4.78 is 33.4. The maximum atomic E-state index is 14.4. The number of pyridine rings is 1. The SMILES string of the molecule is Cc1nc(N)cc(C2CCOCC2)c1CNC(=O)c1ccc2c(c1)Cc1cc(-c3ccc(F)cc3F)ccc1[C@@H]2O. The van der Waals surface area contributed by atoms with Crippen LogP contribution in [0.3, 0.4) is 0 Å². The number of aliphatic hydroxyl groups excluding tert-OH is 1. The van der Waals surface area contributed by atoms with Crippen molar-refractivity contribution in [2.24, 2.45) is 0 Å². The number of anilines is 1. The number of nitrogen functional groups attached to an aromatic ring is 1. The van der Waals surface area contributed by atoms with E-state index in [1.54, 1.807) is 30.3 Å². The number of nitrogens with two attached hydrogens (primary N) is 1. The molecule has 0 radical (unpaired) electrons. The molecule has 2 heterocycles. The molecular formula is C33H31F2N3O3. The van der Waals surface area contributed by atoms with Crippen LogP contribution in [0.25, 0.3) is 11.1 Å². The van der Waals surface area contributed by atoms with Gasteiger partial charge in [0.15, 0.2) is 0 Å². The van der Waals surface area contributed by atoms with Crippen molar-refractivity contribution in [1.29, 1.82) is 0 Å². The first-order valence-electron chi connectivity index (χ1n) is 13.8. The number of ether oxygens (including phenoxy) is 1. The van der Waals surface area contributed by atoms with Crippen LogP contribution in [0, 0.1) is 18.6 Å². The van der Waals surface area contributed by atoms with Crippen molar-refractivity contribution < 1.29 is 23.4 Å². The Labute approximate surface area is 237 Å². The van der Waals surface area contributed by atoms with Crippen LogP contribution in [-0.4, -0.2) is 29.2 Å². The topological polar surface area (TPSA) is 97.5 Å². The van der Waals surface area contributed by atoms with Crippen LogP contribution in [0.15, 0.2) is 60.7 Å². The van der Waals surface area contributed by atoms with E-state index >= 15 is 0 Å². The van der Waals surface area contributed by atoms with Crippen LogP contribution < -0.4 is 11.1 Å².